The van der Waals surface area contributed by atoms with Crippen LogP contribution in [0.1, 0.15) is 25.5 Å². The van der Waals surface area contributed by atoms with Crippen LogP contribution in [0.2, 0.25) is 0 Å². The summed E-state index contributed by atoms with van der Waals surface area (Å²) in [4.78, 5) is 23.4. The maximum Gasteiger partial charge on any atom is 0.339 e. The quantitative estimate of drug-likeness (QED) is 0.587. The van der Waals surface area contributed by atoms with E-state index in [1.54, 1.807) is 25.1 Å². The van der Waals surface area contributed by atoms with Gasteiger partial charge in [-0.1, -0.05) is 30.3 Å². The number of carbonyl (C=O) groups is 2. The van der Waals surface area contributed by atoms with E-state index < -0.39 is 28.0 Å². The Morgan fingerprint density at radius 2 is 1.65 bits per heavy atom. The molecule has 0 aliphatic heterocycles. The number of esters is 1. The molecule has 0 saturated heterocycles. The first-order chi connectivity index (χ1) is 12.3. The lowest BCUT2D eigenvalue weighted by Crippen LogP contribution is -2.33. The van der Waals surface area contributed by atoms with Crippen LogP contribution in [0, 0.1) is 0 Å². The fourth-order valence-electron chi connectivity index (χ4n) is 2.18. The van der Waals surface area contributed by atoms with Crippen molar-refractivity contribution in [1.82, 2.24) is 5.32 Å². The summed E-state index contributed by atoms with van der Waals surface area (Å²) in [5.41, 5.74) is 0.447. The molecule has 0 saturated carbocycles. The summed E-state index contributed by atoms with van der Waals surface area (Å²) in [5, 5.41) is 2.50. The maximum absolute atomic E-state index is 12.2. The number of hydrogen-bond donors (Lipinski definition) is 1. The van der Waals surface area contributed by atoms with Gasteiger partial charge in [-0.05, 0) is 36.8 Å². The lowest BCUT2D eigenvalue weighted by molar-refractivity contribution is -0.147. The summed E-state index contributed by atoms with van der Waals surface area (Å²) in [6.07, 6.45) is 0. The third kappa shape index (κ3) is 5.06. The van der Waals surface area contributed by atoms with E-state index in [0.29, 0.717) is 5.56 Å². The zero-order chi connectivity index (χ0) is 19.2. The van der Waals surface area contributed by atoms with Gasteiger partial charge in [0.2, 0.25) is 5.91 Å². The van der Waals surface area contributed by atoms with Crippen LogP contribution in [0.15, 0.2) is 59.5 Å². The largest absolute Gasteiger partial charge is 0.464 e. The molecule has 2 aromatic rings. The molecule has 0 heterocycles. The van der Waals surface area contributed by atoms with Crippen LogP contribution in [-0.2, 0) is 24.4 Å². The number of carbonyl (C=O) groups excluding carboxylic acids is 2. The molecule has 0 aromatic heterocycles. The highest BCUT2D eigenvalue weighted by molar-refractivity contribution is 7.87. The zero-order valence-electron chi connectivity index (χ0n) is 14.3. The van der Waals surface area contributed by atoms with Gasteiger partial charge < -0.3 is 14.2 Å². The number of amides is 1. The summed E-state index contributed by atoms with van der Waals surface area (Å²) in [7, 11) is -3.95. The molecule has 0 aliphatic rings. The van der Waals surface area contributed by atoms with E-state index in [-0.39, 0.29) is 17.3 Å². The van der Waals surface area contributed by atoms with Crippen molar-refractivity contribution in [2.75, 3.05) is 6.61 Å². The number of ether oxygens (including phenoxy) is 1. The van der Waals surface area contributed by atoms with Crippen molar-refractivity contribution in [3.63, 3.8) is 0 Å². The normalized spacial score (nSPS) is 12.1. The molecule has 1 unspecified atom stereocenters. The molecule has 2 rings (SSSR count). The van der Waals surface area contributed by atoms with Gasteiger partial charge >= 0.3 is 16.1 Å². The number of benzene rings is 2. The topological polar surface area (TPSA) is 98.8 Å². The summed E-state index contributed by atoms with van der Waals surface area (Å²) in [6, 6.07) is 12.6. The lowest BCUT2D eigenvalue weighted by atomic mass is 10.1. The molecule has 8 heteroatoms. The molecule has 7 nitrogen and oxygen atoms in total. The van der Waals surface area contributed by atoms with Crippen molar-refractivity contribution in [1.29, 1.82) is 0 Å². The molecule has 1 atom stereocenters. The first-order valence-electron chi connectivity index (χ1n) is 7.86. The molecule has 0 spiro atoms. The van der Waals surface area contributed by atoms with Gasteiger partial charge in [-0.25, -0.2) is 4.79 Å². The zero-order valence-corrected chi connectivity index (χ0v) is 15.2. The van der Waals surface area contributed by atoms with Crippen LogP contribution in [-0.4, -0.2) is 26.9 Å². The van der Waals surface area contributed by atoms with Crippen LogP contribution in [0.4, 0.5) is 0 Å². The Balaban J connectivity index is 2.20. The highest BCUT2D eigenvalue weighted by Crippen LogP contribution is 2.22. The van der Waals surface area contributed by atoms with Crippen LogP contribution in [0.5, 0.6) is 5.75 Å². The minimum atomic E-state index is -3.95. The van der Waals surface area contributed by atoms with Crippen molar-refractivity contribution >= 4 is 22.0 Å². The Morgan fingerprint density at radius 1 is 1.04 bits per heavy atom. The average Bonchev–Trinajstić information content (AvgIpc) is 2.61. The van der Waals surface area contributed by atoms with E-state index in [1.165, 1.54) is 43.3 Å². The monoisotopic (exact) mass is 377 g/mol. The smallest absolute Gasteiger partial charge is 0.339 e. The highest BCUT2D eigenvalue weighted by Gasteiger charge is 2.23. The molecule has 1 amide bonds. The molecule has 2 aromatic carbocycles. The summed E-state index contributed by atoms with van der Waals surface area (Å²) < 4.78 is 34.4. The van der Waals surface area contributed by atoms with E-state index in [2.05, 4.69) is 5.32 Å². The highest BCUT2D eigenvalue weighted by atomic mass is 32.2. The maximum atomic E-state index is 12.2. The Labute approximate surface area is 152 Å². The van der Waals surface area contributed by atoms with Crippen molar-refractivity contribution in [3.05, 3.63) is 60.2 Å². The first kappa shape index (κ1) is 19.5. The van der Waals surface area contributed by atoms with Crippen LogP contribution in [0.3, 0.4) is 0 Å². The van der Waals surface area contributed by atoms with Crippen molar-refractivity contribution in [2.45, 2.75) is 24.8 Å². The van der Waals surface area contributed by atoms with Gasteiger partial charge in [0.15, 0.2) is 6.04 Å². The van der Waals surface area contributed by atoms with Gasteiger partial charge in [-0.15, -0.1) is 0 Å². The van der Waals surface area contributed by atoms with Gasteiger partial charge in [0.25, 0.3) is 0 Å². The lowest BCUT2D eigenvalue weighted by Gasteiger charge is -2.17. The second-order valence-electron chi connectivity index (χ2n) is 5.31. The molecule has 26 heavy (non-hydrogen) atoms. The number of rotatable bonds is 7. The molecule has 138 valence electrons. The predicted molar refractivity (Wildman–Crippen MR) is 93.9 cm³/mol. The van der Waals surface area contributed by atoms with Crippen molar-refractivity contribution in [3.8, 4) is 5.75 Å². The Hall–Kier alpha value is -2.87. The molecule has 1 N–H and O–H groups in total. The van der Waals surface area contributed by atoms with Crippen LogP contribution in [0.25, 0.3) is 0 Å². The fraction of sp³-hybridized carbons (Fsp3) is 0.222. The van der Waals surface area contributed by atoms with Crippen molar-refractivity contribution < 1.29 is 26.9 Å². The fourth-order valence-corrected chi connectivity index (χ4v) is 3.14. The Morgan fingerprint density at radius 3 is 2.19 bits per heavy atom. The van der Waals surface area contributed by atoms with Gasteiger partial charge in [0.05, 0.1) is 6.61 Å². The van der Waals surface area contributed by atoms with Crippen LogP contribution < -0.4 is 9.50 Å². The second-order valence-corrected chi connectivity index (χ2v) is 6.85. The van der Waals surface area contributed by atoms with E-state index in [9.17, 15) is 18.0 Å². The SMILES string of the molecule is CCOC(=O)C(NC(C)=O)c1ccc(OS(=O)(=O)c2ccccc2)cc1. The summed E-state index contributed by atoms with van der Waals surface area (Å²) in [6.45, 7) is 3.12. The second kappa shape index (κ2) is 8.48. The van der Waals surface area contributed by atoms with E-state index in [0.717, 1.165) is 0 Å². The van der Waals surface area contributed by atoms with Gasteiger partial charge in [0, 0.05) is 6.92 Å². The minimum Gasteiger partial charge on any atom is -0.464 e. The Kier molecular flexibility index (Phi) is 6.35. The van der Waals surface area contributed by atoms with E-state index >= 15 is 0 Å². The minimum absolute atomic E-state index is 0.0340. The van der Waals surface area contributed by atoms with Crippen LogP contribution >= 0.6 is 0 Å². The number of hydrogen-bond acceptors (Lipinski definition) is 6. The Bertz CT molecular complexity index is 862. The van der Waals surface area contributed by atoms with Gasteiger partial charge in [-0.3, -0.25) is 4.79 Å². The summed E-state index contributed by atoms with van der Waals surface area (Å²) in [5.74, 6) is -0.911. The molecular weight excluding hydrogens is 358 g/mol. The standard InChI is InChI=1S/C18H19NO6S/c1-3-24-18(21)17(19-13(2)20)14-9-11-15(12-10-14)25-26(22,23)16-7-5-4-6-8-16/h4-12,17H,3H2,1-2H3,(H,19,20). The third-order valence-electron chi connectivity index (χ3n) is 3.32. The molecule has 0 bridgehead atoms. The average molecular weight is 377 g/mol. The van der Waals surface area contributed by atoms with Gasteiger partial charge in [0.1, 0.15) is 10.6 Å². The summed E-state index contributed by atoms with van der Waals surface area (Å²) >= 11 is 0. The molecular formula is C18H19NO6S. The predicted octanol–water partition coefficient (Wildman–Crippen LogP) is 2.19. The van der Waals surface area contributed by atoms with E-state index in [4.69, 9.17) is 8.92 Å². The molecule has 0 aliphatic carbocycles. The molecule has 0 fully saturated rings. The molecule has 0 radical (unpaired) electrons. The van der Waals surface area contributed by atoms with Gasteiger partial charge in [-0.2, -0.15) is 8.42 Å². The van der Waals surface area contributed by atoms with E-state index in [1.807, 2.05) is 0 Å². The first-order valence-corrected chi connectivity index (χ1v) is 9.27. The third-order valence-corrected chi connectivity index (χ3v) is 4.58. The number of nitrogens with one attached hydrogen (secondary N) is 1. The van der Waals surface area contributed by atoms with Crippen molar-refractivity contribution in [2.24, 2.45) is 0 Å².